The van der Waals surface area contributed by atoms with E-state index in [0.717, 1.165) is 19.3 Å². The van der Waals surface area contributed by atoms with E-state index in [2.05, 4.69) is 5.32 Å². The molecule has 0 aromatic carbocycles. The standard InChI is InChI=1S/C9H18N2O/c1-6(2)11-9(12)7-3-4-8(10)5-7/h6-8H,3-5,10H2,1-2H3,(H,11,12). The fourth-order valence-electron chi connectivity index (χ4n) is 1.66. The third kappa shape index (κ3) is 2.48. The molecule has 2 unspecified atom stereocenters. The molecule has 1 saturated carbocycles. The summed E-state index contributed by atoms with van der Waals surface area (Å²) in [7, 11) is 0. The highest BCUT2D eigenvalue weighted by atomic mass is 16.1. The molecule has 0 spiro atoms. The first-order valence-corrected chi connectivity index (χ1v) is 4.65. The second-order valence-electron chi connectivity index (χ2n) is 3.93. The molecule has 12 heavy (non-hydrogen) atoms. The summed E-state index contributed by atoms with van der Waals surface area (Å²) in [6, 6.07) is 0.488. The Morgan fingerprint density at radius 3 is 2.58 bits per heavy atom. The predicted octanol–water partition coefficient (Wildman–Crippen LogP) is 0.638. The van der Waals surface area contributed by atoms with Gasteiger partial charge in [0.05, 0.1) is 0 Å². The van der Waals surface area contributed by atoms with Gasteiger partial charge in [0.1, 0.15) is 0 Å². The minimum Gasteiger partial charge on any atom is -0.354 e. The van der Waals surface area contributed by atoms with Gasteiger partial charge in [-0.3, -0.25) is 4.79 Å². The molecule has 3 heteroatoms. The lowest BCUT2D eigenvalue weighted by molar-refractivity contribution is -0.125. The summed E-state index contributed by atoms with van der Waals surface area (Å²) in [5.41, 5.74) is 5.71. The Balaban J connectivity index is 2.33. The molecule has 1 amide bonds. The van der Waals surface area contributed by atoms with Crippen molar-refractivity contribution in [2.75, 3.05) is 0 Å². The Kier molecular flexibility index (Phi) is 3.09. The number of amides is 1. The molecule has 70 valence electrons. The van der Waals surface area contributed by atoms with E-state index in [0.29, 0.717) is 0 Å². The highest BCUT2D eigenvalue weighted by Crippen LogP contribution is 2.23. The molecule has 1 rings (SSSR count). The van der Waals surface area contributed by atoms with Crippen molar-refractivity contribution in [1.29, 1.82) is 0 Å². The lowest BCUT2D eigenvalue weighted by Crippen LogP contribution is -2.35. The van der Waals surface area contributed by atoms with Gasteiger partial charge in [-0.05, 0) is 33.1 Å². The van der Waals surface area contributed by atoms with Crippen molar-refractivity contribution in [3.63, 3.8) is 0 Å². The molecule has 0 aromatic heterocycles. The van der Waals surface area contributed by atoms with E-state index in [4.69, 9.17) is 5.73 Å². The number of hydrogen-bond acceptors (Lipinski definition) is 2. The first kappa shape index (κ1) is 9.52. The highest BCUT2D eigenvalue weighted by Gasteiger charge is 2.27. The fraction of sp³-hybridized carbons (Fsp3) is 0.889. The van der Waals surface area contributed by atoms with Crippen LogP contribution in [0.4, 0.5) is 0 Å². The van der Waals surface area contributed by atoms with Gasteiger partial charge in [0, 0.05) is 18.0 Å². The Bertz CT molecular complexity index is 168. The molecular formula is C9H18N2O. The van der Waals surface area contributed by atoms with Crippen molar-refractivity contribution in [2.24, 2.45) is 11.7 Å². The molecule has 0 saturated heterocycles. The quantitative estimate of drug-likeness (QED) is 0.639. The fourth-order valence-corrected chi connectivity index (χ4v) is 1.66. The average Bonchev–Trinajstić information content (AvgIpc) is 2.34. The topological polar surface area (TPSA) is 55.1 Å². The smallest absolute Gasteiger partial charge is 0.223 e. The van der Waals surface area contributed by atoms with Gasteiger partial charge in [-0.1, -0.05) is 0 Å². The third-order valence-electron chi connectivity index (χ3n) is 2.27. The van der Waals surface area contributed by atoms with Crippen LogP contribution in [0.1, 0.15) is 33.1 Å². The summed E-state index contributed by atoms with van der Waals surface area (Å²) in [6.07, 6.45) is 2.81. The summed E-state index contributed by atoms with van der Waals surface area (Å²) < 4.78 is 0. The summed E-state index contributed by atoms with van der Waals surface area (Å²) in [5, 5.41) is 2.91. The highest BCUT2D eigenvalue weighted by molar-refractivity contribution is 5.79. The van der Waals surface area contributed by atoms with Crippen molar-refractivity contribution in [3.8, 4) is 0 Å². The van der Waals surface area contributed by atoms with Gasteiger partial charge in [0.2, 0.25) is 5.91 Å². The first-order chi connectivity index (χ1) is 5.59. The second kappa shape index (κ2) is 3.90. The maximum Gasteiger partial charge on any atom is 0.223 e. The van der Waals surface area contributed by atoms with E-state index in [1.54, 1.807) is 0 Å². The molecule has 1 aliphatic carbocycles. The van der Waals surface area contributed by atoms with E-state index in [1.165, 1.54) is 0 Å². The normalized spacial score (nSPS) is 29.3. The number of hydrogen-bond donors (Lipinski definition) is 2. The number of nitrogens with one attached hydrogen (secondary N) is 1. The molecule has 0 bridgehead atoms. The van der Waals surface area contributed by atoms with Crippen LogP contribution in [-0.4, -0.2) is 18.0 Å². The largest absolute Gasteiger partial charge is 0.354 e. The molecular weight excluding hydrogens is 152 g/mol. The van der Waals surface area contributed by atoms with Crippen LogP contribution in [0.3, 0.4) is 0 Å². The van der Waals surface area contributed by atoms with Gasteiger partial charge in [0.15, 0.2) is 0 Å². The predicted molar refractivity (Wildman–Crippen MR) is 48.6 cm³/mol. The van der Waals surface area contributed by atoms with Crippen LogP contribution < -0.4 is 11.1 Å². The SMILES string of the molecule is CC(C)NC(=O)C1CCC(N)C1. The van der Waals surface area contributed by atoms with Crippen LogP contribution in [0.5, 0.6) is 0 Å². The zero-order valence-corrected chi connectivity index (χ0v) is 7.84. The maximum atomic E-state index is 11.4. The van der Waals surface area contributed by atoms with Gasteiger partial charge in [0.25, 0.3) is 0 Å². The minimum atomic E-state index is 0.169. The van der Waals surface area contributed by atoms with Crippen molar-refractivity contribution in [1.82, 2.24) is 5.32 Å². The zero-order chi connectivity index (χ0) is 9.14. The monoisotopic (exact) mass is 170 g/mol. The number of carbonyl (C=O) groups is 1. The van der Waals surface area contributed by atoms with Gasteiger partial charge < -0.3 is 11.1 Å². The maximum absolute atomic E-state index is 11.4. The van der Waals surface area contributed by atoms with Crippen LogP contribution in [-0.2, 0) is 4.79 Å². The van der Waals surface area contributed by atoms with E-state index in [-0.39, 0.29) is 23.9 Å². The Morgan fingerprint density at radius 2 is 2.17 bits per heavy atom. The van der Waals surface area contributed by atoms with Gasteiger partial charge in [-0.15, -0.1) is 0 Å². The number of nitrogens with two attached hydrogens (primary N) is 1. The van der Waals surface area contributed by atoms with Gasteiger partial charge in [-0.25, -0.2) is 0 Å². The Hall–Kier alpha value is -0.570. The molecule has 0 aliphatic heterocycles. The summed E-state index contributed by atoms with van der Waals surface area (Å²) in [5.74, 6) is 0.348. The van der Waals surface area contributed by atoms with E-state index < -0.39 is 0 Å². The summed E-state index contributed by atoms with van der Waals surface area (Å²) in [6.45, 7) is 3.96. The second-order valence-corrected chi connectivity index (χ2v) is 3.93. The Morgan fingerprint density at radius 1 is 1.50 bits per heavy atom. The zero-order valence-electron chi connectivity index (χ0n) is 7.84. The lowest BCUT2D eigenvalue weighted by atomic mass is 10.1. The molecule has 1 aliphatic rings. The van der Waals surface area contributed by atoms with Crippen LogP contribution in [0.15, 0.2) is 0 Å². The van der Waals surface area contributed by atoms with E-state index in [9.17, 15) is 4.79 Å². The van der Waals surface area contributed by atoms with Gasteiger partial charge in [-0.2, -0.15) is 0 Å². The van der Waals surface area contributed by atoms with Crippen molar-refractivity contribution in [2.45, 2.75) is 45.2 Å². The van der Waals surface area contributed by atoms with E-state index in [1.807, 2.05) is 13.8 Å². The first-order valence-electron chi connectivity index (χ1n) is 4.65. The van der Waals surface area contributed by atoms with Gasteiger partial charge >= 0.3 is 0 Å². The summed E-state index contributed by atoms with van der Waals surface area (Å²) in [4.78, 5) is 11.4. The molecule has 0 radical (unpaired) electrons. The molecule has 0 aromatic rings. The number of carbonyl (C=O) groups excluding carboxylic acids is 1. The van der Waals surface area contributed by atoms with E-state index >= 15 is 0 Å². The third-order valence-corrected chi connectivity index (χ3v) is 2.27. The Labute approximate surface area is 73.7 Å². The average molecular weight is 170 g/mol. The van der Waals surface area contributed by atoms with Crippen LogP contribution >= 0.6 is 0 Å². The van der Waals surface area contributed by atoms with Crippen molar-refractivity contribution >= 4 is 5.91 Å². The molecule has 2 atom stereocenters. The van der Waals surface area contributed by atoms with Crippen LogP contribution in [0, 0.1) is 5.92 Å². The van der Waals surface area contributed by atoms with Crippen LogP contribution in [0.2, 0.25) is 0 Å². The van der Waals surface area contributed by atoms with Crippen LogP contribution in [0.25, 0.3) is 0 Å². The molecule has 3 N–H and O–H groups in total. The molecule has 1 fully saturated rings. The summed E-state index contributed by atoms with van der Waals surface area (Å²) >= 11 is 0. The minimum absolute atomic E-state index is 0.169. The molecule has 0 heterocycles. The van der Waals surface area contributed by atoms with Crippen molar-refractivity contribution < 1.29 is 4.79 Å². The lowest BCUT2D eigenvalue weighted by Gasteiger charge is -2.12. The number of rotatable bonds is 2. The van der Waals surface area contributed by atoms with Crippen molar-refractivity contribution in [3.05, 3.63) is 0 Å². The molecule has 3 nitrogen and oxygen atoms in total.